The zero-order valence-corrected chi connectivity index (χ0v) is 11.8. The van der Waals surface area contributed by atoms with E-state index in [0.717, 1.165) is 11.5 Å². The van der Waals surface area contributed by atoms with Gasteiger partial charge in [-0.3, -0.25) is 4.79 Å². The van der Waals surface area contributed by atoms with Crippen LogP contribution in [0, 0.1) is 25.7 Å². The molecule has 0 unspecified atom stereocenters. The predicted octanol–water partition coefficient (Wildman–Crippen LogP) is 0.960. The molecule has 108 valence electrons. The number of aromatic nitrogens is 2. The van der Waals surface area contributed by atoms with Crippen LogP contribution in [0.2, 0.25) is 0 Å². The van der Waals surface area contributed by atoms with Crippen molar-refractivity contribution < 1.29 is 14.3 Å². The Morgan fingerprint density at radius 3 is 2.81 bits per heavy atom. The lowest BCUT2D eigenvalue weighted by molar-refractivity contribution is 0.0942. The van der Waals surface area contributed by atoms with Gasteiger partial charge in [-0.15, -0.1) is 0 Å². The minimum atomic E-state index is -0.315. The van der Waals surface area contributed by atoms with Crippen LogP contribution >= 0.6 is 0 Å². The SMILES string of the molecule is Cc1nc(CNC(=O)c2ccc(C#CCO)cn2)oc1C. The van der Waals surface area contributed by atoms with Crippen molar-refractivity contribution in [2.75, 3.05) is 6.61 Å². The number of amides is 1. The van der Waals surface area contributed by atoms with Gasteiger partial charge in [-0.05, 0) is 26.0 Å². The summed E-state index contributed by atoms with van der Waals surface area (Å²) in [4.78, 5) is 20.1. The molecule has 2 aromatic heterocycles. The summed E-state index contributed by atoms with van der Waals surface area (Å²) in [6.45, 7) is 3.66. The Balaban J connectivity index is 1.97. The van der Waals surface area contributed by atoms with E-state index in [4.69, 9.17) is 9.52 Å². The number of pyridine rings is 1. The Bertz CT molecular complexity index is 674. The van der Waals surface area contributed by atoms with Gasteiger partial charge in [0.05, 0.1) is 12.2 Å². The van der Waals surface area contributed by atoms with Crippen LogP contribution in [0.4, 0.5) is 0 Å². The molecule has 6 nitrogen and oxygen atoms in total. The number of rotatable bonds is 3. The summed E-state index contributed by atoms with van der Waals surface area (Å²) in [5.74, 6) is 6.11. The molecule has 0 spiro atoms. The van der Waals surface area contributed by atoms with Crippen LogP contribution < -0.4 is 5.32 Å². The van der Waals surface area contributed by atoms with E-state index in [-0.39, 0.29) is 24.8 Å². The molecule has 2 heterocycles. The van der Waals surface area contributed by atoms with Gasteiger partial charge in [-0.25, -0.2) is 9.97 Å². The molecule has 2 N–H and O–H groups in total. The molecule has 0 aliphatic carbocycles. The number of aliphatic hydroxyl groups is 1. The third-order valence-corrected chi connectivity index (χ3v) is 2.78. The maximum Gasteiger partial charge on any atom is 0.270 e. The van der Waals surface area contributed by atoms with E-state index in [1.807, 2.05) is 13.8 Å². The van der Waals surface area contributed by atoms with Crippen LogP contribution in [0.3, 0.4) is 0 Å². The van der Waals surface area contributed by atoms with Gasteiger partial charge < -0.3 is 14.8 Å². The fourth-order valence-corrected chi connectivity index (χ4v) is 1.60. The average Bonchev–Trinajstić information content (AvgIpc) is 2.82. The number of hydrogen-bond acceptors (Lipinski definition) is 5. The molecule has 0 fully saturated rings. The van der Waals surface area contributed by atoms with Crippen LogP contribution in [-0.4, -0.2) is 27.6 Å². The Labute approximate surface area is 122 Å². The Morgan fingerprint density at radius 1 is 1.43 bits per heavy atom. The summed E-state index contributed by atoms with van der Waals surface area (Å²) in [5.41, 5.74) is 1.73. The average molecular weight is 285 g/mol. The molecular weight excluding hydrogens is 270 g/mol. The van der Waals surface area contributed by atoms with Crippen molar-refractivity contribution >= 4 is 5.91 Å². The zero-order valence-electron chi connectivity index (χ0n) is 11.8. The van der Waals surface area contributed by atoms with Gasteiger partial charge in [-0.2, -0.15) is 0 Å². The third-order valence-electron chi connectivity index (χ3n) is 2.78. The second-order valence-electron chi connectivity index (χ2n) is 4.32. The van der Waals surface area contributed by atoms with Crippen molar-refractivity contribution in [3.63, 3.8) is 0 Å². The van der Waals surface area contributed by atoms with E-state index in [1.165, 1.54) is 6.20 Å². The molecule has 0 radical (unpaired) electrons. The van der Waals surface area contributed by atoms with Gasteiger partial charge in [-0.1, -0.05) is 11.8 Å². The van der Waals surface area contributed by atoms with Crippen LogP contribution in [0.1, 0.15) is 33.4 Å². The fourth-order valence-electron chi connectivity index (χ4n) is 1.60. The quantitative estimate of drug-likeness (QED) is 0.820. The molecular formula is C15H15N3O3. The number of carbonyl (C=O) groups is 1. The van der Waals surface area contributed by atoms with Crippen LogP contribution in [-0.2, 0) is 6.54 Å². The van der Waals surface area contributed by atoms with Crippen LogP contribution in [0.5, 0.6) is 0 Å². The molecule has 21 heavy (non-hydrogen) atoms. The number of carbonyl (C=O) groups excluding carboxylic acids is 1. The normalized spacial score (nSPS) is 9.86. The summed E-state index contributed by atoms with van der Waals surface area (Å²) >= 11 is 0. The molecule has 0 saturated carbocycles. The standard InChI is InChI=1S/C15H15N3O3/c1-10-11(2)21-14(18-10)9-17-15(20)13-6-5-12(8-16-13)4-3-7-19/h5-6,8,19H,7,9H2,1-2H3,(H,17,20). The Kier molecular flexibility index (Phi) is 4.69. The minimum absolute atomic E-state index is 0.210. The first kappa shape index (κ1) is 14.8. The van der Waals surface area contributed by atoms with E-state index in [1.54, 1.807) is 12.1 Å². The molecule has 1 amide bonds. The van der Waals surface area contributed by atoms with E-state index in [9.17, 15) is 4.79 Å². The van der Waals surface area contributed by atoms with Gasteiger partial charge in [0, 0.05) is 11.8 Å². The van der Waals surface area contributed by atoms with Crippen molar-refractivity contribution in [2.45, 2.75) is 20.4 Å². The molecule has 0 bridgehead atoms. The smallest absolute Gasteiger partial charge is 0.270 e. The Morgan fingerprint density at radius 2 is 2.24 bits per heavy atom. The summed E-state index contributed by atoms with van der Waals surface area (Å²) in [7, 11) is 0. The van der Waals surface area contributed by atoms with Crippen LogP contribution in [0.25, 0.3) is 0 Å². The minimum Gasteiger partial charge on any atom is -0.444 e. The first-order valence-electron chi connectivity index (χ1n) is 6.37. The van der Waals surface area contributed by atoms with E-state index < -0.39 is 0 Å². The van der Waals surface area contributed by atoms with Crippen molar-refractivity contribution in [1.29, 1.82) is 0 Å². The van der Waals surface area contributed by atoms with Crippen molar-refractivity contribution in [2.24, 2.45) is 0 Å². The maximum atomic E-state index is 11.9. The van der Waals surface area contributed by atoms with Crippen LogP contribution in [0.15, 0.2) is 22.7 Å². The second kappa shape index (κ2) is 6.68. The van der Waals surface area contributed by atoms with Crippen molar-refractivity contribution in [3.8, 4) is 11.8 Å². The highest BCUT2D eigenvalue weighted by Crippen LogP contribution is 2.08. The van der Waals surface area contributed by atoms with Gasteiger partial charge >= 0.3 is 0 Å². The fraction of sp³-hybridized carbons (Fsp3) is 0.267. The molecule has 0 aromatic carbocycles. The predicted molar refractivity (Wildman–Crippen MR) is 75.3 cm³/mol. The van der Waals surface area contributed by atoms with Crippen molar-refractivity contribution in [3.05, 3.63) is 46.9 Å². The number of hydrogen-bond donors (Lipinski definition) is 2. The van der Waals surface area contributed by atoms with E-state index in [2.05, 4.69) is 27.1 Å². The monoisotopic (exact) mass is 285 g/mol. The number of nitrogens with one attached hydrogen (secondary N) is 1. The topological polar surface area (TPSA) is 88.2 Å². The second-order valence-corrected chi connectivity index (χ2v) is 4.32. The number of oxazole rings is 1. The first-order chi connectivity index (χ1) is 10.1. The highest BCUT2D eigenvalue weighted by atomic mass is 16.4. The Hall–Kier alpha value is -2.65. The summed E-state index contributed by atoms with van der Waals surface area (Å²) in [5, 5.41) is 11.3. The third kappa shape index (κ3) is 3.91. The van der Waals surface area contributed by atoms with Gasteiger partial charge in [0.15, 0.2) is 0 Å². The maximum absolute atomic E-state index is 11.9. The lowest BCUT2D eigenvalue weighted by atomic mass is 10.2. The molecule has 0 atom stereocenters. The molecule has 0 aliphatic heterocycles. The lowest BCUT2D eigenvalue weighted by Crippen LogP contribution is -2.23. The largest absolute Gasteiger partial charge is 0.444 e. The summed E-state index contributed by atoms with van der Waals surface area (Å²) < 4.78 is 5.38. The highest BCUT2D eigenvalue weighted by molar-refractivity contribution is 5.92. The lowest BCUT2D eigenvalue weighted by Gasteiger charge is -2.02. The summed E-state index contributed by atoms with van der Waals surface area (Å²) in [6.07, 6.45) is 1.48. The van der Waals surface area contributed by atoms with Gasteiger partial charge in [0.25, 0.3) is 5.91 Å². The molecule has 6 heteroatoms. The molecule has 0 aliphatic rings. The molecule has 2 aromatic rings. The van der Waals surface area contributed by atoms with E-state index >= 15 is 0 Å². The molecule has 0 saturated heterocycles. The van der Waals surface area contributed by atoms with Crippen molar-refractivity contribution in [1.82, 2.24) is 15.3 Å². The number of nitrogens with zero attached hydrogens (tertiary/aromatic N) is 2. The molecule has 2 rings (SSSR count). The highest BCUT2D eigenvalue weighted by Gasteiger charge is 2.10. The number of aliphatic hydroxyl groups excluding tert-OH is 1. The van der Waals surface area contributed by atoms with Gasteiger partial charge in [0.2, 0.25) is 5.89 Å². The van der Waals surface area contributed by atoms with Gasteiger partial charge in [0.1, 0.15) is 18.1 Å². The van der Waals surface area contributed by atoms with E-state index in [0.29, 0.717) is 11.5 Å². The zero-order chi connectivity index (χ0) is 15.2. The summed E-state index contributed by atoms with van der Waals surface area (Å²) in [6, 6.07) is 3.24. The first-order valence-corrected chi connectivity index (χ1v) is 6.37. The number of aryl methyl sites for hydroxylation is 2.